The first-order valence-electron chi connectivity index (χ1n) is 6.61. The number of carbonyl (C=O) groups is 1. The molecule has 3 rings (SSSR count). The lowest BCUT2D eigenvalue weighted by atomic mass is 10.2. The molecule has 102 valence electrons. The van der Waals surface area contributed by atoms with Crippen LogP contribution >= 0.6 is 0 Å². The molecule has 0 saturated carbocycles. The van der Waals surface area contributed by atoms with E-state index in [1.165, 1.54) is 12.8 Å². The Labute approximate surface area is 116 Å². The lowest BCUT2D eigenvalue weighted by molar-refractivity contribution is 0.102. The van der Waals surface area contributed by atoms with Gasteiger partial charge in [-0.05, 0) is 25.0 Å². The molecule has 1 N–H and O–H groups in total. The Balaban J connectivity index is 1.67. The SMILES string of the molecule is O=C(Nc1cnc(N2CCCC2)nc1)c1ccncc1. The minimum atomic E-state index is -0.190. The Morgan fingerprint density at radius 1 is 1.10 bits per heavy atom. The van der Waals surface area contributed by atoms with Gasteiger partial charge in [0, 0.05) is 31.0 Å². The smallest absolute Gasteiger partial charge is 0.255 e. The zero-order chi connectivity index (χ0) is 13.8. The number of aromatic nitrogens is 3. The number of nitrogens with one attached hydrogen (secondary N) is 1. The molecule has 6 nitrogen and oxygen atoms in total. The van der Waals surface area contributed by atoms with E-state index in [1.807, 2.05) is 0 Å². The fourth-order valence-corrected chi connectivity index (χ4v) is 2.17. The number of carbonyl (C=O) groups excluding carboxylic acids is 1. The van der Waals surface area contributed by atoms with Crippen molar-refractivity contribution in [3.8, 4) is 0 Å². The van der Waals surface area contributed by atoms with Crippen LogP contribution in [0.2, 0.25) is 0 Å². The van der Waals surface area contributed by atoms with E-state index in [4.69, 9.17) is 0 Å². The second-order valence-corrected chi connectivity index (χ2v) is 4.66. The monoisotopic (exact) mass is 269 g/mol. The van der Waals surface area contributed by atoms with Crippen LogP contribution < -0.4 is 10.2 Å². The molecular weight excluding hydrogens is 254 g/mol. The summed E-state index contributed by atoms with van der Waals surface area (Å²) < 4.78 is 0. The van der Waals surface area contributed by atoms with Gasteiger partial charge in [0.2, 0.25) is 5.95 Å². The van der Waals surface area contributed by atoms with E-state index >= 15 is 0 Å². The molecule has 0 aliphatic carbocycles. The molecule has 1 saturated heterocycles. The van der Waals surface area contributed by atoms with Crippen LogP contribution in [0.4, 0.5) is 11.6 Å². The molecule has 2 aromatic heterocycles. The van der Waals surface area contributed by atoms with Gasteiger partial charge in [-0.25, -0.2) is 9.97 Å². The van der Waals surface area contributed by atoms with Gasteiger partial charge in [-0.2, -0.15) is 0 Å². The molecule has 6 heteroatoms. The van der Waals surface area contributed by atoms with Gasteiger partial charge in [-0.3, -0.25) is 9.78 Å². The van der Waals surface area contributed by atoms with Crippen LogP contribution in [-0.2, 0) is 0 Å². The van der Waals surface area contributed by atoms with E-state index in [-0.39, 0.29) is 5.91 Å². The molecule has 0 bridgehead atoms. The highest BCUT2D eigenvalue weighted by molar-refractivity contribution is 6.03. The summed E-state index contributed by atoms with van der Waals surface area (Å²) in [6.45, 7) is 2.01. The van der Waals surface area contributed by atoms with Crippen LogP contribution in [0.1, 0.15) is 23.2 Å². The first-order chi connectivity index (χ1) is 9.83. The highest BCUT2D eigenvalue weighted by atomic mass is 16.1. The molecule has 0 unspecified atom stereocenters. The van der Waals surface area contributed by atoms with Crippen LogP contribution in [-0.4, -0.2) is 33.9 Å². The first kappa shape index (κ1) is 12.5. The topological polar surface area (TPSA) is 71.0 Å². The van der Waals surface area contributed by atoms with Crippen LogP contribution in [0.25, 0.3) is 0 Å². The van der Waals surface area contributed by atoms with Gasteiger partial charge < -0.3 is 10.2 Å². The van der Waals surface area contributed by atoms with Crippen molar-refractivity contribution in [1.82, 2.24) is 15.0 Å². The largest absolute Gasteiger partial charge is 0.341 e. The lowest BCUT2D eigenvalue weighted by Gasteiger charge is -2.14. The van der Waals surface area contributed by atoms with Crippen molar-refractivity contribution in [2.75, 3.05) is 23.3 Å². The lowest BCUT2D eigenvalue weighted by Crippen LogP contribution is -2.20. The van der Waals surface area contributed by atoms with Crippen molar-refractivity contribution < 1.29 is 4.79 Å². The Kier molecular flexibility index (Phi) is 3.54. The van der Waals surface area contributed by atoms with E-state index < -0.39 is 0 Å². The predicted molar refractivity (Wildman–Crippen MR) is 75.7 cm³/mol. The van der Waals surface area contributed by atoms with Crippen LogP contribution in [0.5, 0.6) is 0 Å². The number of amides is 1. The normalized spacial score (nSPS) is 14.3. The minimum Gasteiger partial charge on any atom is -0.341 e. The average molecular weight is 269 g/mol. The zero-order valence-electron chi connectivity index (χ0n) is 11.0. The van der Waals surface area contributed by atoms with Gasteiger partial charge in [0.05, 0.1) is 18.1 Å². The summed E-state index contributed by atoms with van der Waals surface area (Å²) in [6, 6.07) is 3.32. The molecule has 2 aromatic rings. The van der Waals surface area contributed by atoms with E-state index in [9.17, 15) is 4.79 Å². The summed E-state index contributed by atoms with van der Waals surface area (Å²) in [7, 11) is 0. The van der Waals surface area contributed by atoms with Gasteiger partial charge in [-0.1, -0.05) is 0 Å². The Morgan fingerprint density at radius 2 is 1.75 bits per heavy atom. The number of anilines is 2. The van der Waals surface area contributed by atoms with E-state index in [2.05, 4.69) is 25.2 Å². The molecule has 1 aliphatic heterocycles. The van der Waals surface area contributed by atoms with Crippen LogP contribution in [0, 0.1) is 0 Å². The third-order valence-corrected chi connectivity index (χ3v) is 3.23. The van der Waals surface area contributed by atoms with Crippen LogP contribution in [0.3, 0.4) is 0 Å². The molecule has 1 fully saturated rings. The maximum absolute atomic E-state index is 12.0. The van der Waals surface area contributed by atoms with E-state index in [1.54, 1.807) is 36.9 Å². The third-order valence-electron chi connectivity index (χ3n) is 3.23. The maximum atomic E-state index is 12.0. The average Bonchev–Trinajstić information content (AvgIpc) is 3.03. The van der Waals surface area contributed by atoms with E-state index in [0.717, 1.165) is 19.0 Å². The summed E-state index contributed by atoms with van der Waals surface area (Å²) in [6.07, 6.45) is 8.82. The fourth-order valence-electron chi connectivity index (χ4n) is 2.17. The van der Waals surface area contributed by atoms with Gasteiger partial charge in [0.25, 0.3) is 5.91 Å². The van der Waals surface area contributed by atoms with Gasteiger partial charge in [-0.15, -0.1) is 0 Å². The summed E-state index contributed by atoms with van der Waals surface area (Å²) in [5.41, 5.74) is 1.15. The van der Waals surface area contributed by atoms with Crippen molar-refractivity contribution in [3.63, 3.8) is 0 Å². The van der Waals surface area contributed by atoms with Crippen molar-refractivity contribution in [1.29, 1.82) is 0 Å². The third kappa shape index (κ3) is 2.74. The molecule has 20 heavy (non-hydrogen) atoms. The number of pyridine rings is 1. The Hall–Kier alpha value is -2.50. The Bertz CT molecular complexity index is 578. The molecule has 1 amide bonds. The van der Waals surface area contributed by atoms with Gasteiger partial charge >= 0.3 is 0 Å². The maximum Gasteiger partial charge on any atom is 0.255 e. The Morgan fingerprint density at radius 3 is 2.40 bits per heavy atom. The van der Waals surface area contributed by atoms with E-state index in [0.29, 0.717) is 11.3 Å². The van der Waals surface area contributed by atoms with Crippen LogP contribution in [0.15, 0.2) is 36.9 Å². The second-order valence-electron chi connectivity index (χ2n) is 4.66. The molecule has 0 spiro atoms. The summed E-state index contributed by atoms with van der Waals surface area (Å²) in [5, 5.41) is 2.77. The van der Waals surface area contributed by atoms with Gasteiger partial charge in [0.15, 0.2) is 0 Å². The summed E-state index contributed by atoms with van der Waals surface area (Å²) in [5.74, 6) is 0.536. The number of hydrogen-bond acceptors (Lipinski definition) is 5. The molecule has 3 heterocycles. The minimum absolute atomic E-state index is 0.190. The van der Waals surface area contributed by atoms with Crippen molar-refractivity contribution in [2.24, 2.45) is 0 Å². The molecule has 0 aromatic carbocycles. The number of hydrogen-bond donors (Lipinski definition) is 1. The molecule has 1 aliphatic rings. The highest BCUT2D eigenvalue weighted by Crippen LogP contribution is 2.16. The molecule has 0 radical (unpaired) electrons. The zero-order valence-corrected chi connectivity index (χ0v) is 11.0. The first-order valence-corrected chi connectivity index (χ1v) is 6.61. The molecular formula is C14H15N5O. The number of rotatable bonds is 3. The fraction of sp³-hybridized carbons (Fsp3) is 0.286. The van der Waals surface area contributed by atoms with Crippen molar-refractivity contribution in [2.45, 2.75) is 12.8 Å². The standard InChI is InChI=1S/C14H15N5O/c20-13(11-3-5-15-6-4-11)18-12-9-16-14(17-10-12)19-7-1-2-8-19/h3-6,9-10H,1-2,7-8H2,(H,18,20). The van der Waals surface area contributed by atoms with Gasteiger partial charge in [0.1, 0.15) is 0 Å². The predicted octanol–water partition coefficient (Wildman–Crippen LogP) is 1.72. The summed E-state index contributed by atoms with van der Waals surface area (Å²) >= 11 is 0. The highest BCUT2D eigenvalue weighted by Gasteiger charge is 2.14. The quantitative estimate of drug-likeness (QED) is 0.918. The molecule has 0 atom stereocenters. The number of nitrogens with zero attached hydrogens (tertiary/aromatic N) is 4. The van der Waals surface area contributed by atoms with Crippen molar-refractivity contribution >= 4 is 17.5 Å². The second kappa shape index (κ2) is 5.64. The summed E-state index contributed by atoms with van der Waals surface area (Å²) in [4.78, 5) is 26.6. The van der Waals surface area contributed by atoms with Crippen molar-refractivity contribution in [3.05, 3.63) is 42.5 Å².